The molecule has 7 nitrogen and oxygen atoms in total. The minimum Gasteiger partial charge on any atom is -0.493 e. The van der Waals surface area contributed by atoms with Crippen molar-refractivity contribution in [2.45, 2.75) is 17.4 Å². The normalized spacial score (nSPS) is 11.8. The number of hydrogen-bond acceptors (Lipinski definition) is 6. The van der Waals surface area contributed by atoms with E-state index in [1.165, 1.54) is 31.4 Å². The van der Waals surface area contributed by atoms with E-state index in [0.29, 0.717) is 29.2 Å². The van der Waals surface area contributed by atoms with Crippen LogP contribution in [-0.2, 0) is 16.4 Å². The number of aliphatic hydroxyl groups excluding tert-OH is 1. The van der Waals surface area contributed by atoms with Crippen LogP contribution < -0.4 is 13.8 Å². The average molecular weight is 479 g/mol. The van der Waals surface area contributed by atoms with Crippen LogP contribution in [0.4, 0.5) is 5.69 Å². The summed E-state index contributed by atoms with van der Waals surface area (Å²) in [6.45, 7) is 3.34. The Balaban J connectivity index is 1.80. The quantitative estimate of drug-likeness (QED) is 0.419. The summed E-state index contributed by atoms with van der Waals surface area (Å²) in [5, 5.41) is 19.7. The van der Waals surface area contributed by atoms with Gasteiger partial charge in [0.05, 0.1) is 35.9 Å². The van der Waals surface area contributed by atoms with Gasteiger partial charge in [0.2, 0.25) is 0 Å². The number of ether oxygens (including phenoxy) is 2. The van der Waals surface area contributed by atoms with Gasteiger partial charge in [0.25, 0.3) is 10.0 Å². The van der Waals surface area contributed by atoms with Gasteiger partial charge in [-0.05, 0) is 60.5 Å². The second-order valence-corrected chi connectivity index (χ2v) is 9.31. The molecule has 0 saturated heterocycles. The molecule has 0 spiro atoms. The van der Waals surface area contributed by atoms with Gasteiger partial charge in [-0.25, -0.2) is 8.42 Å². The molecule has 0 heterocycles. The largest absolute Gasteiger partial charge is 0.493 e. The summed E-state index contributed by atoms with van der Waals surface area (Å²) in [6, 6.07) is 21.6. The first-order valence-corrected chi connectivity index (χ1v) is 12.0. The summed E-state index contributed by atoms with van der Waals surface area (Å²) in [6.07, 6.45) is 1.33. The van der Waals surface area contributed by atoms with Crippen LogP contribution in [0.2, 0.25) is 0 Å². The Labute approximate surface area is 200 Å². The summed E-state index contributed by atoms with van der Waals surface area (Å²) in [5.74, 6) is 0.951. The van der Waals surface area contributed by atoms with Crippen molar-refractivity contribution in [2.24, 2.45) is 0 Å². The first-order chi connectivity index (χ1) is 16.4. The fourth-order valence-electron chi connectivity index (χ4n) is 3.32. The molecule has 0 bridgehead atoms. The molecule has 34 heavy (non-hydrogen) atoms. The van der Waals surface area contributed by atoms with Gasteiger partial charge in [-0.2, -0.15) is 5.26 Å². The highest BCUT2D eigenvalue weighted by Gasteiger charge is 2.27. The summed E-state index contributed by atoms with van der Waals surface area (Å²) >= 11 is 0. The molecule has 0 aliphatic carbocycles. The smallest absolute Gasteiger partial charge is 0.264 e. The third kappa shape index (κ3) is 5.95. The van der Waals surface area contributed by atoms with Gasteiger partial charge in [-0.3, -0.25) is 4.31 Å². The van der Waals surface area contributed by atoms with E-state index < -0.39 is 16.1 Å². The predicted octanol–water partition coefficient (Wildman–Crippen LogP) is 3.93. The van der Waals surface area contributed by atoms with E-state index in [-0.39, 0.29) is 18.0 Å². The number of rotatable bonds is 11. The summed E-state index contributed by atoms with van der Waals surface area (Å²) in [4.78, 5) is 0.0166. The third-order valence-electron chi connectivity index (χ3n) is 5.03. The van der Waals surface area contributed by atoms with Gasteiger partial charge in [0.1, 0.15) is 12.7 Å². The highest BCUT2D eigenvalue weighted by Crippen LogP contribution is 2.29. The molecule has 3 aromatic carbocycles. The van der Waals surface area contributed by atoms with Gasteiger partial charge in [0.15, 0.2) is 11.5 Å². The van der Waals surface area contributed by atoms with Crippen molar-refractivity contribution in [1.82, 2.24) is 0 Å². The zero-order chi connectivity index (χ0) is 24.6. The van der Waals surface area contributed by atoms with Crippen LogP contribution in [0.1, 0.15) is 11.1 Å². The molecule has 0 radical (unpaired) electrons. The molecule has 1 atom stereocenters. The van der Waals surface area contributed by atoms with E-state index in [1.54, 1.807) is 42.5 Å². The molecule has 8 heteroatoms. The molecule has 0 saturated carbocycles. The van der Waals surface area contributed by atoms with Gasteiger partial charge in [0, 0.05) is 0 Å². The number of allylic oxidation sites excluding steroid dienone is 1. The van der Waals surface area contributed by atoms with Crippen LogP contribution in [-0.4, -0.2) is 39.9 Å². The lowest BCUT2D eigenvalue weighted by molar-refractivity contribution is 0.113. The van der Waals surface area contributed by atoms with Crippen molar-refractivity contribution in [3.63, 3.8) is 0 Å². The molecule has 1 N–H and O–H groups in total. The number of hydrogen-bond donors (Lipinski definition) is 1. The Bertz CT molecular complexity index is 1250. The zero-order valence-corrected chi connectivity index (χ0v) is 19.6. The fourth-order valence-corrected chi connectivity index (χ4v) is 4.82. The fraction of sp³-hybridized carbons (Fsp3) is 0.192. The van der Waals surface area contributed by atoms with Crippen LogP contribution in [0.15, 0.2) is 90.3 Å². The second-order valence-electron chi connectivity index (χ2n) is 7.45. The molecule has 3 rings (SSSR count). The molecule has 0 aliphatic rings. The topological polar surface area (TPSA) is 99.9 Å². The minimum absolute atomic E-state index is 0.0166. The van der Waals surface area contributed by atoms with Crippen LogP contribution in [0, 0.1) is 11.3 Å². The average Bonchev–Trinajstić information content (AvgIpc) is 2.87. The SMILES string of the molecule is C=CCc1ccc(OC[C@H](O)CN(c2ccccc2)S(=O)(=O)c2ccc(C#N)cc2)c(OC)c1. The van der Waals surface area contributed by atoms with Crippen LogP contribution in [0.25, 0.3) is 0 Å². The Hall–Kier alpha value is -3.80. The monoisotopic (exact) mass is 478 g/mol. The molecule has 0 aromatic heterocycles. The number of sulfonamides is 1. The minimum atomic E-state index is -4.01. The van der Waals surface area contributed by atoms with Gasteiger partial charge in [-0.1, -0.05) is 30.3 Å². The number of anilines is 1. The zero-order valence-electron chi connectivity index (χ0n) is 18.8. The Morgan fingerprint density at radius 3 is 2.41 bits per heavy atom. The first kappa shape index (κ1) is 24.8. The van der Waals surface area contributed by atoms with Crippen molar-refractivity contribution >= 4 is 15.7 Å². The molecule has 3 aromatic rings. The van der Waals surface area contributed by atoms with Crippen LogP contribution in [0.3, 0.4) is 0 Å². The van der Waals surface area contributed by atoms with E-state index >= 15 is 0 Å². The molecular formula is C26H26N2O5S. The Morgan fingerprint density at radius 2 is 1.79 bits per heavy atom. The number of para-hydroxylation sites is 1. The van der Waals surface area contributed by atoms with E-state index in [1.807, 2.05) is 18.2 Å². The maximum Gasteiger partial charge on any atom is 0.264 e. The number of nitrogens with zero attached hydrogens (tertiary/aromatic N) is 2. The Morgan fingerprint density at radius 1 is 1.09 bits per heavy atom. The van der Waals surface area contributed by atoms with E-state index in [0.717, 1.165) is 9.87 Å². The van der Waals surface area contributed by atoms with E-state index in [4.69, 9.17) is 14.7 Å². The lowest BCUT2D eigenvalue weighted by atomic mass is 10.1. The van der Waals surface area contributed by atoms with Crippen molar-refractivity contribution in [3.8, 4) is 17.6 Å². The van der Waals surface area contributed by atoms with Gasteiger partial charge < -0.3 is 14.6 Å². The van der Waals surface area contributed by atoms with Gasteiger partial charge in [-0.15, -0.1) is 6.58 Å². The van der Waals surface area contributed by atoms with Crippen molar-refractivity contribution < 1.29 is 23.0 Å². The van der Waals surface area contributed by atoms with Crippen molar-refractivity contribution in [2.75, 3.05) is 24.6 Å². The van der Waals surface area contributed by atoms with Crippen LogP contribution in [0.5, 0.6) is 11.5 Å². The lowest BCUT2D eigenvalue weighted by Crippen LogP contribution is -2.39. The standard InChI is InChI=1S/C26H26N2O5S/c1-3-7-20-12-15-25(26(16-20)32-2)33-19-23(29)18-28(22-8-5-4-6-9-22)34(30,31)24-13-10-21(17-27)11-14-24/h3-6,8-16,23,29H,1,7,18-19H2,2H3/t23-/m1/s1. The predicted molar refractivity (Wildman–Crippen MR) is 131 cm³/mol. The molecule has 0 unspecified atom stereocenters. The summed E-state index contributed by atoms with van der Waals surface area (Å²) in [5.41, 5.74) is 1.76. The third-order valence-corrected chi connectivity index (χ3v) is 6.84. The molecule has 0 fully saturated rings. The number of aliphatic hydroxyl groups is 1. The summed E-state index contributed by atoms with van der Waals surface area (Å²) in [7, 11) is -2.48. The van der Waals surface area contributed by atoms with Gasteiger partial charge >= 0.3 is 0 Å². The molecule has 0 aliphatic heterocycles. The maximum absolute atomic E-state index is 13.4. The second kappa shape index (κ2) is 11.4. The molecule has 0 amide bonds. The molecular weight excluding hydrogens is 452 g/mol. The van der Waals surface area contributed by atoms with E-state index in [9.17, 15) is 13.5 Å². The number of nitriles is 1. The van der Waals surface area contributed by atoms with E-state index in [2.05, 4.69) is 6.58 Å². The Kier molecular flexibility index (Phi) is 8.30. The van der Waals surface area contributed by atoms with Crippen molar-refractivity contribution in [1.29, 1.82) is 5.26 Å². The summed E-state index contributed by atoms with van der Waals surface area (Å²) < 4.78 is 39.1. The molecule has 176 valence electrons. The maximum atomic E-state index is 13.4. The number of benzene rings is 3. The highest BCUT2D eigenvalue weighted by molar-refractivity contribution is 7.92. The number of methoxy groups -OCH3 is 1. The highest BCUT2D eigenvalue weighted by atomic mass is 32.2. The first-order valence-electron chi connectivity index (χ1n) is 10.6. The lowest BCUT2D eigenvalue weighted by Gasteiger charge is -2.27. The van der Waals surface area contributed by atoms with Crippen LogP contribution >= 0.6 is 0 Å². The van der Waals surface area contributed by atoms with Crippen molar-refractivity contribution in [3.05, 3.63) is 96.6 Å².